The maximum absolute atomic E-state index is 12.9. The second-order valence-corrected chi connectivity index (χ2v) is 7.78. The number of amides is 1. The molecule has 0 aliphatic rings. The van der Waals surface area contributed by atoms with Crippen LogP contribution in [-0.2, 0) is 23.0 Å². The number of hydrogen-bond donors (Lipinski definition) is 1. The lowest BCUT2D eigenvalue weighted by molar-refractivity contribution is 0.0925. The fourth-order valence-corrected chi connectivity index (χ4v) is 3.95. The van der Waals surface area contributed by atoms with Crippen LogP contribution >= 0.6 is 11.3 Å². The second-order valence-electron chi connectivity index (χ2n) is 5.30. The van der Waals surface area contributed by atoms with E-state index in [-0.39, 0.29) is 23.2 Å². The molecule has 1 atom stereocenters. The van der Waals surface area contributed by atoms with Gasteiger partial charge in [0, 0.05) is 16.3 Å². The van der Waals surface area contributed by atoms with Crippen molar-refractivity contribution >= 4 is 28.0 Å². The van der Waals surface area contributed by atoms with Gasteiger partial charge in [0.25, 0.3) is 5.91 Å². The monoisotopic (exact) mass is 377 g/mol. The van der Waals surface area contributed by atoms with Gasteiger partial charge in [-0.1, -0.05) is 6.07 Å². The summed E-state index contributed by atoms with van der Waals surface area (Å²) in [5.74, 6) is 0.104. The van der Waals surface area contributed by atoms with Gasteiger partial charge in [-0.15, -0.1) is 11.3 Å². The number of furan rings is 1. The number of carbonyl (C=O) groups is 1. The van der Waals surface area contributed by atoms with E-state index >= 15 is 0 Å². The van der Waals surface area contributed by atoms with Crippen LogP contribution in [0.1, 0.15) is 21.2 Å². The first-order chi connectivity index (χ1) is 12.1. The molecule has 2 heterocycles. The number of thiophene rings is 1. The minimum Gasteiger partial charge on any atom is -0.455 e. The van der Waals surface area contributed by atoms with E-state index in [2.05, 4.69) is 5.32 Å². The van der Waals surface area contributed by atoms with Crippen LogP contribution in [0.5, 0.6) is 0 Å². The van der Waals surface area contributed by atoms with Gasteiger partial charge in [0.05, 0.1) is 16.6 Å². The fraction of sp³-hybridized carbons (Fsp3) is 0.167. The molecule has 0 aliphatic heterocycles. The van der Waals surface area contributed by atoms with Crippen molar-refractivity contribution in [3.05, 3.63) is 76.1 Å². The molecule has 0 radical (unpaired) electrons. The molecule has 0 spiro atoms. The molecule has 0 saturated carbocycles. The first-order valence-corrected chi connectivity index (χ1v) is 9.85. The van der Waals surface area contributed by atoms with Gasteiger partial charge in [0.15, 0.2) is 5.76 Å². The summed E-state index contributed by atoms with van der Waals surface area (Å²) in [5.41, 5.74) is 0. The smallest absolute Gasteiger partial charge is 0.287 e. The average molecular weight is 377 g/mol. The molecule has 130 valence electrons. The summed E-state index contributed by atoms with van der Waals surface area (Å²) in [6, 6.07) is 12.7. The van der Waals surface area contributed by atoms with Crippen LogP contribution < -0.4 is 5.32 Å². The van der Waals surface area contributed by atoms with Crippen LogP contribution in [0.2, 0.25) is 0 Å². The Morgan fingerprint density at radius 2 is 1.96 bits per heavy atom. The molecule has 0 bridgehead atoms. The van der Waals surface area contributed by atoms with Gasteiger partial charge in [0.2, 0.25) is 0 Å². The van der Waals surface area contributed by atoms with E-state index in [0.717, 1.165) is 6.42 Å². The van der Waals surface area contributed by atoms with Crippen LogP contribution in [-0.4, -0.2) is 16.7 Å². The van der Waals surface area contributed by atoms with Gasteiger partial charge in [-0.25, -0.2) is 4.39 Å². The van der Waals surface area contributed by atoms with Crippen LogP contribution in [0, 0.1) is 5.82 Å². The van der Waals surface area contributed by atoms with Crippen molar-refractivity contribution in [3.63, 3.8) is 0 Å². The molecule has 7 heteroatoms. The summed E-state index contributed by atoms with van der Waals surface area (Å²) in [6.07, 6.45) is 0.769. The molecule has 25 heavy (non-hydrogen) atoms. The zero-order valence-electron chi connectivity index (χ0n) is 13.2. The van der Waals surface area contributed by atoms with Gasteiger partial charge >= 0.3 is 0 Å². The Hall–Kier alpha value is -2.25. The van der Waals surface area contributed by atoms with Gasteiger partial charge in [-0.3, -0.25) is 9.00 Å². The summed E-state index contributed by atoms with van der Waals surface area (Å²) in [4.78, 5) is 13.8. The molecule has 0 saturated heterocycles. The molecule has 1 N–H and O–H groups in total. The minimum atomic E-state index is -1.36. The van der Waals surface area contributed by atoms with E-state index in [9.17, 15) is 13.4 Å². The highest BCUT2D eigenvalue weighted by molar-refractivity contribution is 7.84. The maximum atomic E-state index is 12.9. The Labute approximate surface area is 151 Å². The summed E-state index contributed by atoms with van der Waals surface area (Å²) >= 11 is 1.65. The maximum Gasteiger partial charge on any atom is 0.287 e. The van der Waals surface area contributed by atoms with Crippen molar-refractivity contribution in [2.24, 2.45) is 0 Å². The van der Waals surface area contributed by atoms with E-state index in [4.69, 9.17) is 4.42 Å². The summed E-state index contributed by atoms with van der Waals surface area (Å²) in [7, 11) is -1.36. The van der Waals surface area contributed by atoms with Gasteiger partial charge in [-0.05, 0) is 54.3 Å². The van der Waals surface area contributed by atoms with Crippen molar-refractivity contribution in [2.75, 3.05) is 6.54 Å². The van der Waals surface area contributed by atoms with Crippen LogP contribution in [0.15, 0.2) is 63.2 Å². The standard InChI is InChI=1S/C18H16FNO3S2/c19-13-3-6-16(7-4-13)25(22)12-14-5-8-17(23-14)18(21)20-10-9-15-2-1-11-24-15/h1-8,11H,9-10,12H2,(H,20,21)/t25-/m1/s1. The van der Waals surface area contributed by atoms with Crippen molar-refractivity contribution in [1.82, 2.24) is 5.32 Å². The molecule has 2 aromatic heterocycles. The average Bonchev–Trinajstić information content (AvgIpc) is 3.27. The van der Waals surface area contributed by atoms with Gasteiger partial charge < -0.3 is 9.73 Å². The number of rotatable bonds is 7. The van der Waals surface area contributed by atoms with Crippen LogP contribution in [0.25, 0.3) is 0 Å². The third-order valence-corrected chi connectivity index (χ3v) is 5.75. The zero-order chi connectivity index (χ0) is 17.6. The topological polar surface area (TPSA) is 59.3 Å². The van der Waals surface area contributed by atoms with Crippen molar-refractivity contribution in [2.45, 2.75) is 17.1 Å². The normalized spacial score (nSPS) is 12.0. The molecule has 0 aliphatic carbocycles. The summed E-state index contributed by atoms with van der Waals surface area (Å²) in [6.45, 7) is 0.525. The highest BCUT2D eigenvalue weighted by Crippen LogP contribution is 2.16. The molecule has 4 nitrogen and oxygen atoms in total. The van der Waals surface area contributed by atoms with Crippen LogP contribution in [0.3, 0.4) is 0 Å². The summed E-state index contributed by atoms with van der Waals surface area (Å²) in [5, 5.41) is 4.80. The molecule has 1 aromatic carbocycles. The quantitative estimate of drug-likeness (QED) is 0.682. The SMILES string of the molecule is O=C(NCCc1cccs1)c1ccc(C[S@@](=O)c2ccc(F)cc2)o1. The third kappa shape index (κ3) is 4.87. The van der Waals surface area contributed by atoms with Crippen molar-refractivity contribution in [1.29, 1.82) is 0 Å². The summed E-state index contributed by atoms with van der Waals surface area (Å²) < 4.78 is 30.6. The first-order valence-electron chi connectivity index (χ1n) is 7.65. The fourth-order valence-electron chi connectivity index (χ4n) is 2.22. The molecular formula is C18H16FNO3S2. The lowest BCUT2D eigenvalue weighted by Gasteiger charge is -2.02. The number of hydrogen-bond acceptors (Lipinski definition) is 4. The Balaban J connectivity index is 1.53. The molecular weight excluding hydrogens is 361 g/mol. The first kappa shape index (κ1) is 17.6. The second kappa shape index (κ2) is 8.22. The lowest BCUT2D eigenvalue weighted by Crippen LogP contribution is -2.25. The highest BCUT2D eigenvalue weighted by atomic mass is 32.2. The van der Waals surface area contributed by atoms with Crippen molar-refractivity contribution < 1.29 is 17.8 Å². The molecule has 1 amide bonds. The largest absolute Gasteiger partial charge is 0.455 e. The molecule has 3 aromatic rings. The van der Waals surface area contributed by atoms with E-state index in [1.807, 2.05) is 17.5 Å². The number of halogens is 1. The van der Waals surface area contributed by atoms with Gasteiger partial charge in [-0.2, -0.15) is 0 Å². The molecule has 0 fully saturated rings. The number of benzene rings is 1. The van der Waals surface area contributed by atoms with E-state index in [1.54, 1.807) is 23.5 Å². The third-order valence-electron chi connectivity index (χ3n) is 3.47. The minimum absolute atomic E-state index is 0.133. The van der Waals surface area contributed by atoms with Gasteiger partial charge in [0.1, 0.15) is 11.6 Å². The zero-order valence-corrected chi connectivity index (χ0v) is 14.9. The Morgan fingerprint density at radius 3 is 2.68 bits per heavy atom. The molecule has 0 unspecified atom stereocenters. The van der Waals surface area contributed by atoms with E-state index < -0.39 is 10.8 Å². The number of nitrogens with one attached hydrogen (secondary N) is 1. The van der Waals surface area contributed by atoms with E-state index in [1.165, 1.54) is 29.1 Å². The Bertz CT molecular complexity index is 857. The Morgan fingerprint density at radius 1 is 1.16 bits per heavy atom. The predicted molar refractivity (Wildman–Crippen MR) is 95.6 cm³/mol. The van der Waals surface area contributed by atoms with E-state index in [0.29, 0.717) is 17.2 Å². The lowest BCUT2D eigenvalue weighted by atomic mass is 10.3. The number of carbonyl (C=O) groups excluding carboxylic acids is 1. The highest BCUT2D eigenvalue weighted by Gasteiger charge is 2.13. The van der Waals surface area contributed by atoms with Crippen LogP contribution in [0.4, 0.5) is 4.39 Å². The predicted octanol–water partition coefficient (Wildman–Crippen LogP) is 3.76. The Kier molecular flexibility index (Phi) is 5.78. The van der Waals surface area contributed by atoms with Crippen molar-refractivity contribution in [3.8, 4) is 0 Å². The molecule has 3 rings (SSSR count).